The van der Waals surface area contributed by atoms with E-state index in [-0.39, 0.29) is 0 Å². The van der Waals surface area contributed by atoms with Crippen LogP contribution in [0.1, 0.15) is 13.3 Å². The third-order valence-corrected chi connectivity index (χ3v) is 1.64. The first-order valence-electron chi connectivity index (χ1n) is 3.69. The van der Waals surface area contributed by atoms with Crippen molar-refractivity contribution in [2.45, 2.75) is 25.9 Å². The first-order valence-corrected chi connectivity index (χ1v) is 3.69. The zero-order valence-electron chi connectivity index (χ0n) is 6.33. The molecule has 0 aliphatic heterocycles. The predicted octanol–water partition coefficient (Wildman–Crippen LogP) is 1.23. The van der Waals surface area contributed by atoms with Gasteiger partial charge in [0.2, 0.25) is 0 Å². The molecule has 0 radical (unpaired) electrons. The summed E-state index contributed by atoms with van der Waals surface area (Å²) in [5.74, 6) is 0. The van der Waals surface area contributed by atoms with Crippen molar-refractivity contribution in [2.75, 3.05) is 0 Å². The Morgan fingerprint density at radius 2 is 2.00 bits per heavy atom. The van der Waals surface area contributed by atoms with Crippen LogP contribution < -0.4 is 5.73 Å². The molecule has 1 heterocycles. The molecule has 0 aromatic carbocycles. The molecule has 0 aliphatic carbocycles. The molecule has 10 heavy (non-hydrogen) atoms. The fourth-order valence-electron chi connectivity index (χ4n) is 0.892. The van der Waals surface area contributed by atoms with Gasteiger partial charge in [-0.1, -0.05) is 6.92 Å². The molecule has 0 saturated carbocycles. The van der Waals surface area contributed by atoms with Crippen molar-refractivity contribution < 1.29 is 0 Å². The van der Waals surface area contributed by atoms with E-state index in [2.05, 4.69) is 11.5 Å². The van der Waals surface area contributed by atoms with E-state index in [1.165, 1.54) is 0 Å². The highest BCUT2D eigenvalue weighted by atomic mass is 15.0. The van der Waals surface area contributed by atoms with E-state index in [1.54, 1.807) is 0 Å². The Morgan fingerprint density at radius 3 is 2.50 bits per heavy atom. The lowest BCUT2D eigenvalue weighted by Crippen LogP contribution is -2.24. The van der Waals surface area contributed by atoms with Crippen LogP contribution in [0.15, 0.2) is 24.5 Å². The predicted molar refractivity (Wildman–Crippen MR) is 42.7 cm³/mol. The highest BCUT2D eigenvalue weighted by Crippen LogP contribution is 1.94. The smallest absolute Gasteiger partial charge is 0.0371 e. The van der Waals surface area contributed by atoms with Gasteiger partial charge in [0.15, 0.2) is 0 Å². The van der Waals surface area contributed by atoms with Crippen LogP contribution in [0.5, 0.6) is 0 Å². The summed E-state index contributed by atoms with van der Waals surface area (Å²) >= 11 is 0. The van der Waals surface area contributed by atoms with E-state index in [9.17, 15) is 0 Å². The third-order valence-electron chi connectivity index (χ3n) is 1.64. The topological polar surface area (TPSA) is 30.9 Å². The van der Waals surface area contributed by atoms with Gasteiger partial charge < -0.3 is 10.3 Å². The van der Waals surface area contributed by atoms with E-state index in [0.29, 0.717) is 6.04 Å². The van der Waals surface area contributed by atoms with Gasteiger partial charge in [-0.2, -0.15) is 0 Å². The monoisotopic (exact) mass is 138 g/mol. The van der Waals surface area contributed by atoms with Crippen LogP contribution in [0.25, 0.3) is 0 Å². The molecule has 0 fully saturated rings. The first kappa shape index (κ1) is 7.35. The number of aromatic nitrogens is 1. The SMILES string of the molecule is CCC(N)Cn1cccc1. The molecule has 0 aliphatic rings. The fourth-order valence-corrected chi connectivity index (χ4v) is 0.892. The number of hydrogen-bond acceptors (Lipinski definition) is 1. The average Bonchev–Trinajstić information content (AvgIpc) is 2.40. The van der Waals surface area contributed by atoms with Gasteiger partial charge in [-0.05, 0) is 18.6 Å². The highest BCUT2D eigenvalue weighted by Gasteiger charge is 1.97. The molecule has 0 bridgehead atoms. The van der Waals surface area contributed by atoms with Crippen molar-refractivity contribution in [3.63, 3.8) is 0 Å². The van der Waals surface area contributed by atoms with Gasteiger partial charge in [0.1, 0.15) is 0 Å². The fraction of sp³-hybridized carbons (Fsp3) is 0.500. The summed E-state index contributed by atoms with van der Waals surface area (Å²) in [5, 5.41) is 0. The second-order valence-corrected chi connectivity index (χ2v) is 2.55. The van der Waals surface area contributed by atoms with Gasteiger partial charge in [-0.3, -0.25) is 0 Å². The minimum atomic E-state index is 0.299. The van der Waals surface area contributed by atoms with Crippen molar-refractivity contribution >= 4 is 0 Å². The summed E-state index contributed by atoms with van der Waals surface area (Å²) in [7, 11) is 0. The summed E-state index contributed by atoms with van der Waals surface area (Å²) in [6, 6.07) is 4.33. The zero-order valence-corrected chi connectivity index (χ0v) is 6.33. The molecule has 0 saturated heterocycles. The molecule has 56 valence electrons. The van der Waals surface area contributed by atoms with Crippen LogP contribution >= 0.6 is 0 Å². The van der Waals surface area contributed by atoms with Gasteiger partial charge in [0.05, 0.1) is 0 Å². The Bertz CT molecular complexity index is 167. The van der Waals surface area contributed by atoms with Gasteiger partial charge in [0, 0.05) is 25.0 Å². The van der Waals surface area contributed by atoms with Crippen LogP contribution in [0.3, 0.4) is 0 Å². The number of nitrogens with two attached hydrogens (primary N) is 1. The van der Waals surface area contributed by atoms with Crippen LogP contribution in [0.2, 0.25) is 0 Å². The molecule has 0 amide bonds. The maximum Gasteiger partial charge on any atom is 0.0371 e. The lowest BCUT2D eigenvalue weighted by Gasteiger charge is -2.08. The maximum atomic E-state index is 5.74. The van der Waals surface area contributed by atoms with Crippen molar-refractivity contribution in [3.8, 4) is 0 Å². The summed E-state index contributed by atoms with van der Waals surface area (Å²) in [6.45, 7) is 3.04. The second-order valence-electron chi connectivity index (χ2n) is 2.55. The first-order chi connectivity index (χ1) is 4.83. The summed E-state index contributed by atoms with van der Waals surface area (Å²) < 4.78 is 2.11. The number of hydrogen-bond donors (Lipinski definition) is 1. The Balaban J connectivity index is 2.40. The number of rotatable bonds is 3. The summed E-state index contributed by atoms with van der Waals surface area (Å²) in [6.07, 6.45) is 5.11. The maximum absolute atomic E-state index is 5.74. The minimum Gasteiger partial charge on any atom is -0.353 e. The lowest BCUT2D eigenvalue weighted by molar-refractivity contribution is 0.540. The van der Waals surface area contributed by atoms with Gasteiger partial charge >= 0.3 is 0 Å². The lowest BCUT2D eigenvalue weighted by atomic mass is 10.2. The molecule has 0 spiro atoms. The quantitative estimate of drug-likeness (QED) is 0.669. The molecular weight excluding hydrogens is 124 g/mol. The van der Waals surface area contributed by atoms with E-state index in [1.807, 2.05) is 24.5 Å². The molecule has 1 rings (SSSR count). The summed E-state index contributed by atoms with van der Waals surface area (Å²) in [5.41, 5.74) is 5.74. The van der Waals surface area contributed by atoms with Gasteiger partial charge in [-0.15, -0.1) is 0 Å². The van der Waals surface area contributed by atoms with Crippen molar-refractivity contribution in [1.82, 2.24) is 4.57 Å². The van der Waals surface area contributed by atoms with Gasteiger partial charge in [0.25, 0.3) is 0 Å². The largest absolute Gasteiger partial charge is 0.353 e. The molecule has 1 unspecified atom stereocenters. The molecule has 2 N–H and O–H groups in total. The van der Waals surface area contributed by atoms with Crippen molar-refractivity contribution in [1.29, 1.82) is 0 Å². The van der Waals surface area contributed by atoms with Gasteiger partial charge in [-0.25, -0.2) is 0 Å². The minimum absolute atomic E-state index is 0.299. The Hall–Kier alpha value is -0.760. The Kier molecular flexibility index (Phi) is 2.51. The second kappa shape index (κ2) is 3.42. The Morgan fingerprint density at radius 1 is 1.40 bits per heavy atom. The normalized spacial score (nSPS) is 13.4. The molecule has 1 atom stereocenters. The molecule has 2 heteroatoms. The van der Waals surface area contributed by atoms with Crippen LogP contribution in [0, 0.1) is 0 Å². The zero-order chi connectivity index (χ0) is 7.40. The van der Waals surface area contributed by atoms with Crippen LogP contribution in [0.4, 0.5) is 0 Å². The molecular formula is C8H14N2. The molecule has 2 nitrogen and oxygen atoms in total. The Labute approximate surface area is 61.7 Å². The standard InChI is InChI=1S/C8H14N2/c1-2-8(9)7-10-5-3-4-6-10/h3-6,8H,2,7,9H2,1H3. The van der Waals surface area contributed by atoms with Crippen LogP contribution in [-0.2, 0) is 6.54 Å². The van der Waals surface area contributed by atoms with E-state index >= 15 is 0 Å². The molecule has 1 aromatic rings. The average molecular weight is 138 g/mol. The van der Waals surface area contributed by atoms with E-state index in [0.717, 1.165) is 13.0 Å². The number of nitrogens with zero attached hydrogens (tertiary/aromatic N) is 1. The third kappa shape index (κ3) is 1.88. The van der Waals surface area contributed by atoms with E-state index in [4.69, 9.17) is 5.73 Å². The molecule has 1 aromatic heterocycles. The summed E-state index contributed by atoms with van der Waals surface area (Å²) in [4.78, 5) is 0. The van der Waals surface area contributed by atoms with Crippen molar-refractivity contribution in [2.24, 2.45) is 5.73 Å². The van der Waals surface area contributed by atoms with Crippen LogP contribution in [-0.4, -0.2) is 10.6 Å². The van der Waals surface area contributed by atoms with Crippen molar-refractivity contribution in [3.05, 3.63) is 24.5 Å². The highest BCUT2D eigenvalue weighted by molar-refractivity contribution is 4.90. The van der Waals surface area contributed by atoms with E-state index < -0.39 is 0 Å².